The van der Waals surface area contributed by atoms with Crippen molar-refractivity contribution in [3.63, 3.8) is 0 Å². The van der Waals surface area contributed by atoms with Crippen molar-refractivity contribution in [1.29, 1.82) is 0 Å². The summed E-state index contributed by atoms with van der Waals surface area (Å²) in [5.74, 6) is 0.174. The Balaban J connectivity index is 1.79. The first-order valence-electron chi connectivity index (χ1n) is 11.5. The lowest BCUT2D eigenvalue weighted by Crippen LogP contribution is -2.39. The molecule has 0 aliphatic carbocycles. The van der Waals surface area contributed by atoms with Gasteiger partial charge in [-0.25, -0.2) is 4.98 Å². The summed E-state index contributed by atoms with van der Waals surface area (Å²) in [6.07, 6.45) is 3.40. The van der Waals surface area contributed by atoms with Gasteiger partial charge in [-0.2, -0.15) is 0 Å². The predicted octanol–water partition coefficient (Wildman–Crippen LogP) is 2.94. The van der Waals surface area contributed by atoms with Crippen LogP contribution in [0.4, 0.5) is 5.69 Å². The van der Waals surface area contributed by atoms with Crippen LogP contribution in [-0.4, -0.2) is 52.8 Å². The van der Waals surface area contributed by atoms with E-state index in [1.54, 1.807) is 0 Å². The Morgan fingerprint density at radius 3 is 2.29 bits per heavy atom. The number of hydrogen-bond donors (Lipinski definition) is 2. The number of anilines is 1. The van der Waals surface area contributed by atoms with Gasteiger partial charge in [0.25, 0.3) is 0 Å². The second kappa shape index (κ2) is 8.68. The molecule has 3 heterocycles. The third-order valence-corrected chi connectivity index (χ3v) is 6.86. The number of aryl methyl sites for hydroxylation is 4. The minimum Gasteiger partial charge on any atom is -0.394 e. The highest BCUT2D eigenvalue weighted by molar-refractivity contribution is 6.52. The molecule has 4 rings (SSSR count). The molecular weight excluding hydrogens is 385 g/mol. The highest BCUT2D eigenvalue weighted by Crippen LogP contribution is 2.36. The maximum absolute atomic E-state index is 10.0. The van der Waals surface area contributed by atoms with E-state index in [0.717, 1.165) is 44.6 Å². The monoisotopic (exact) mass is 419 g/mol. The molecule has 6 heteroatoms. The van der Waals surface area contributed by atoms with E-state index < -0.39 is 6.10 Å². The lowest BCUT2D eigenvalue weighted by atomic mass is 9.72. The Labute approximate surface area is 186 Å². The summed E-state index contributed by atoms with van der Waals surface area (Å²) in [4.78, 5) is 7.40. The third-order valence-electron chi connectivity index (χ3n) is 6.86. The van der Waals surface area contributed by atoms with Crippen LogP contribution in [0.15, 0.2) is 24.4 Å². The summed E-state index contributed by atoms with van der Waals surface area (Å²) in [6.45, 7) is 12.4. The molecule has 0 spiro atoms. The second-order valence-corrected chi connectivity index (χ2v) is 9.17. The maximum Gasteiger partial charge on any atom is 0.154 e. The average molecular weight is 419 g/mol. The first kappa shape index (κ1) is 21.9. The first-order valence-corrected chi connectivity index (χ1v) is 11.5. The van der Waals surface area contributed by atoms with Crippen molar-refractivity contribution in [2.24, 2.45) is 5.92 Å². The van der Waals surface area contributed by atoms with E-state index in [1.165, 1.54) is 38.9 Å². The summed E-state index contributed by atoms with van der Waals surface area (Å²) in [5.41, 5.74) is 9.63. The molecule has 1 unspecified atom stereocenters. The van der Waals surface area contributed by atoms with E-state index in [-0.39, 0.29) is 12.5 Å². The highest BCUT2D eigenvalue weighted by atomic mass is 16.3. The Morgan fingerprint density at radius 2 is 1.71 bits per heavy atom. The number of pyridine rings is 1. The van der Waals surface area contributed by atoms with Gasteiger partial charge in [0.15, 0.2) is 7.28 Å². The van der Waals surface area contributed by atoms with Gasteiger partial charge in [0.05, 0.1) is 18.4 Å². The minimum atomic E-state index is -0.610. The number of aromatic nitrogens is 2. The quantitative estimate of drug-likeness (QED) is 0.625. The lowest BCUT2D eigenvalue weighted by Gasteiger charge is -2.35. The van der Waals surface area contributed by atoms with E-state index in [0.29, 0.717) is 0 Å². The fourth-order valence-electron chi connectivity index (χ4n) is 5.24. The van der Waals surface area contributed by atoms with Gasteiger partial charge in [0.2, 0.25) is 0 Å². The van der Waals surface area contributed by atoms with Crippen LogP contribution in [0.25, 0.3) is 16.7 Å². The molecule has 31 heavy (non-hydrogen) atoms. The average Bonchev–Trinajstić information content (AvgIpc) is 3.07. The van der Waals surface area contributed by atoms with Crippen molar-refractivity contribution in [3.05, 3.63) is 46.8 Å². The highest BCUT2D eigenvalue weighted by Gasteiger charge is 2.27. The molecule has 5 nitrogen and oxygen atoms in total. The molecule has 2 N–H and O–H groups in total. The maximum atomic E-state index is 10.0. The molecule has 1 atom stereocenters. The second-order valence-electron chi connectivity index (χ2n) is 9.17. The van der Waals surface area contributed by atoms with Crippen molar-refractivity contribution < 1.29 is 10.2 Å². The summed E-state index contributed by atoms with van der Waals surface area (Å²) in [6, 6.07) is 6.78. The van der Waals surface area contributed by atoms with Gasteiger partial charge < -0.3 is 19.7 Å². The SMILES string of the molecule is CBc1cc(C)c(-n2cc(C)c3c(N4CCC(C(O)CO)CC4)cc(C)nc32)c(C)c1. The fourth-order valence-corrected chi connectivity index (χ4v) is 5.24. The number of aliphatic hydroxyl groups is 2. The normalized spacial score (nSPS) is 16.2. The zero-order valence-electron chi connectivity index (χ0n) is 19.4. The van der Waals surface area contributed by atoms with Crippen molar-refractivity contribution in [3.8, 4) is 5.69 Å². The van der Waals surface area contributed by atoms with Crippen LogP contribution in [0.3, 0.4) is 0 Å². The molecule has 1 aliphatic heterocycles. The Kier molecular flexibility index (Phi) is 6.13. The van der Waals surface area contributed by atoms with Gasteiger partial charge in [-0.05, 0) is 69.2 Å². The molecule has 1 aliphatic rings. The zero-order valence-corrected chi connectivity index (χ0v) is 19.4. The Morgan fingerprint density at radius 1 is 1.06 bits per heavy atom. The Hall–Kier alpha value is -2.31. The predicted molar refractivity (Wildman–Crippen MR) is 131 cm³/mol. The van der Waals surface area contributed by atoms with Crippen LogP contribution < -0.4 is 10.4 Å². The van der Waals surface area contributed by atoms with Gasteiger partial charge in [-0.1, -0.05) is 24.4 Å². The molecule has 1 fully saturated rings. The van der Waals surface area contributed by atoms with Crippen molar-refractivity contribution in [1.82, 2.24) is 9.55 Å². The number of nitrogens with zero attached hydrogens (tertiary/aromatic N) is 3. The fraction of sp³-hybridized carbons (Fsp3) is 0.480. The third kappa shape index (κ3) is 3.99. The summed E-state index contributed by atoms with van der Waals surface area (Å²) in [7, 11) is 1.04. The largest absolute Gasteiger partial charge is 0.394 e. The summed E-state index contributed by atoms with van der Waals surface area (Å²) in [5, 5.41) is 20.5. The number of piperidine rings is 1. The van der Waals surface area contributed by atoms with E-state index in [9.17, 15) is 10.2 Å². The number of benzene rings is 1. The molecule has 0 bridgehead atoms. The molecule has 0 radical (unpaired) electrons. The Bertz CT molecular complexity index is 1080. The van der Waals surface area contributed by atoms with E-state index in [2.05, 4.69) is 68.4 Å². The van der Waals surface area contributed by atoms with E-state index in [4.69, 9.17) is 4.98 Å². The molecule has 2 aromatic heterocycles. The van der Waals surface area contributed by atoms with Crippen molar-refractivity contribution in [2.45, 2.75) is 53.5 Å². The first-order chi connectivity index (χ1) is 14.8. The molecule has 0 amide bonds. The summed E-state index contributed by atoms with van der Waals surface area (Å²) >= 11 is 0. The summed E-state index contributed by atoms with van der Waals surface area (Å²) < 4.78 is 2.27. The number of fused-ring (bicyclic) bond motifs is 1. The van der Waals surface area contributed by atoms with Crippen LogP contribution in [0.5, 0.6) is 0 Å². The van der Waals surface area contributed by atoms with Gasteiger partial charge in [0.1, 0.15) is 5.65 Å². The van der Waals surface area contributed by atoms with Gasteiger partial charge >= 0.3 is 0 Å². The number of aliphatic hydroxyl groups excluding tert-OH is 2. The van der Waals surface area contributed by atoms with Crippen LogP contribution in [0.1, 0.15) is 35.2 Å². The molecule has 1 aromatic carbocycles. The standard InChI is InChI=1S/C25H34BN3O2/c1-15-10-20(26-5)11-16(2)24(15)29-13-17(3)23-21(12-18(4)27-25(23)29)28-8-6-19(7-9-28)22(31)14-30/h10-13,19,22,26,30-31H,6-9,14H2,1-5H3. The van der Waals surface area contributed by atoms with Crippen LogP contribution in [-0.2, 0) is 0 Å². The lowest BCUT2D eigenvalue weighted by molar-refractivity contribution is 0.0377. The van der Waals surface area contributed by atoms with E-state index >= 15 is 0 Å². The zero-order chi connectivity index (χ0) is 22.3. The smallest absolute Gasteiger partial charge is 0.154 e. The topological polar surface area (TPSA) is 61.5 Å². The van der Waals surface area contributed by atoms with Crippen LogP contribution >= 0.6 is 0 Å². The number of rotatable bonds is 5. The molecule has 0 saturated carbocycles. The van der Waals surface area contributed by atoms with Crippen molar-refractivity contribution >= 4 is 29.5 Å². The van der Waals surface area contributed by atoms with E-state index in [1.807, 2.05) is 0 Å². The van der Waals surface area contributed by atoms with Gasteiger partial charge in [-0.15, -0.1) is 0 Å². The molecule has 3 aromatic rings. The van der Waals surface area contributed by atoms with Gasteiger partial charge in [-0.3, -0.25) is 0 Å². The molecule has 164 valence electrons. The minimum absolute atomic E-state index is 0.152. The molecular formula is C25H34BN3O2. The van der Waals surface area contributed by atoms with Gasteiger partial charge in [0, 0.05) is 36.1 Å². The number of hydrogen-bond acceptors (Lipinski definition) is 4. The van der Waals surface area contributed by atoms with Crippen molar-refractivity contribution in [2.75, 3.05) is 24.6 Å². The van der Waals surface area contributed by atoms with Crippen LogP contribution in [0.2, 0.25) is 6.82 Å². The molecule has 1 saturated heterocycles. The van der Waals surface area contributed by atoms with Crippen LogP contribution in [0, 0.1) is 33.6 Å².